The van der Waals surface area contributed by atoms with E-state index in [4.69, 9.17) is 0 Å². The number of fused-ring (bicyclic) bond motifs is 1. The molecule has 0 saturated heterocycles. The van der Waals surface area contributed by atoms with Gasteiger partial charge < -0.3 is 5.32 Å². The molecule has 0 atom stereocenters. The summed E-state index contributed by atoms with van der Waals surface area (Å²) in [5.74, 6) is -0.175. The SMILES string of the molecule is CCN(CC)Cc1cnc2c(C(=O)NCCn3cccn3)cnn2c1. The van der Waals surface area contributed by atoms with Gasteiger partial charge >= 0.3 is 0 Å². The van der Waals surface area contributed by atoms with Crippen LogP contribution in [0.15, 0.2) is 37.1 Å². The summed E-state index contributed by atoms with van der Waals surface area (Å²) in [6, 6.07) is 1.85. The van der Waals surface area contributed by atoms with Gasteiger partial charge in [0.25, 0.3) is 5.91 Å². The topological polar surface area (TPSA) is 80.3 Å². The third-order valence-corrected chi connectivity index (χ3v) is 4.14. The van der Waals surface area contributed by atoms with Crippen LogP contribution in [0.4, 0.5) is 0 Å². The van der Waals surface area contributed by atoms with Crippen LogP contribution in [-0.4, -0.2) is 54.8 Å². The molecule has 132 valence electrons. The molecular formula is C17H23N7O. The lowest BCUT2D eigenvalue weighted by molar-refractivity contribution is 0.0953. The average Bonchev–Trinajstić information content (AvgIpc) is 3.28. The summed E-state index contributed by atoms with van der Waals surface area (Å²) in [5.41, 5.74) is 2.12. The number of nitrogens with zero attached hydrogens (tertiary/aromatic N) is 6. The molecule has 0 spiro atoms. The number of aromatic nitrogens is 5. The molecule has 8 heteroatoms. The molecular weight excluding hydrogens is 318 g/mol. The van der Waals surface area contributed by atoms with Crippen LogP contribution in [0.2, 0.25) is 0 Å². The highest BCUT2D eigenvalue weighted by Crippen LogP contribution is 2.10. The maximum atomic E-state index is 12.4. The van der Waals surface area contributed by atoms with Crippen molar-refractivity contribution in [1.82, 2.24) is 34.6 Å². The van der Waals surface area contributed by atoms with Crippen molar-refractivity contribution in [3.8, 4) is 0 Å². The van der Waals surface area contributed by atoms with E-state index in [0.29, 0.717) is 24.3 Å². The molecule has 0 fully saturated rings. The fourth-order valence-electron chi connectivity index (χ4n) is 2.67. The number of rotatable bonds is 8. The van der Waals surface area contributed by atoms with Crippen molar-refractivity contribution in [1.29, 1.82) is 0 Å². The van der Waals surface area contributed by atoms with Crippen molar-refractivity contribution in [3.05, 3.63) is 48.2 Å². The number of hydrogen-bond acceptors (Lipinski definition) is 5. The summed E-state index contributed by atoms with van der Waals surface area (Å²) in [6.45, 7) is 8.18. The summed E-state index contributed by atoms with van der Waals surface area (Å²) in [5, 5.41) is 11.3. The molecule has 3 heterocycles. The van der Waals surface area contributed by atoms with Gasteiger partial charge in [0.05, 0.1) is 12.7 Å². The summed E-state index contributed by atoms with van der Waals surface area (Å²) < 4.78 is 3.44. The van der Waals surface area contributed by atoms with Crippen LogP contribution in [0.5, 0.6) is 0 Å². The van der Waals surface area contributed by atoms with Gasteiger partial charge in [-0.3, -0.25) is 14.4 Å². The Labute approximate surface area is 146 Å². The zero-order valence-corrected chi connectivity index (χ0v) is 14.6. The molecule has 3 rings (SSSR count). The highest BCUT2D eigenvalue weighted by molar-refractivity contribution is 5.99. The Morgan fingerprint density at radius 3 is 2.80 bits per heavy atom. The first-order valence-corrected chi connectivity index (χ1v) is 8.51. The maximum absolute atomic E-state index is 12.4. The molecule has 8 nitrogen and oxygen atoms in total. The summed E-state index contributed by atoms with van der Waals surface area (Å²) in [4.78, 5) is 19.1. The number of nitrogens with one attached hydrogen (secondary N) is 1. The fraction of sp³-hybridized carbons (Fsp3) is 0.412. The first-order valence-electron chi connectivity index (χ1n) is 8.51. The third-order valence-electron chi connectivity index (χ3n) is 4.14. The van der Waals surface area contributed by atoms with E-state index in [1.54, 1.807) is 21.6 Å². The van der Waals surface area contributed by atoms with Gasteiger partial charge in [-0.05, 0) is 19.2 Å². The zero-order valence-electron chi connectivity index (χ0n) is 14.6. The lowest BCUT2D eigenvalue weighted by atomic mass is 10.3. The monoisotopic (exact) mass is 341 g/mol. The molecule has 25 heavy (non-hydrogen) atoms. The van der Waals surface area contributed by atoms with E-state index in [2.05, 4.69) is 39.2 Å². The molecule has 0 aromatic carbocycles. The van der Waals surface area contributed by atoms with Crippen LogP contribution >= 0.6 is 0 Å². The first kappa shape index (κ1) is 17.1. The van der Waals surface area contributed by atoms with Crippen molar-refractivity contribution in [2.45, 2.75) is 26.9 Å². The molecule has 3 aromatic rings. The molecule has 3 aromatic heterocycles. The van der Waals surface area contributed by atoms with Crippen LogP contribution in [0.1, 0.15) is 29.8 Å². The van der Waals surface area contributed by atoms with Crippen molar-refractivity contribution in [2.24, 2.45) is 0 Å². The average molecular weight is 341 g/mol. The smallest absolute Gasteiger partial charge is 0.256 e. The Balaban J connectivity index is 1.66. The van der Waals surface area contributed by atoms with E-state index in [1.165, 1.54) is 0 Å². The molecule has 0 radical (unpaired) electrons. The molecule has 1 amide bonds. The lowest BCUT2D eigenvalue weighted by Crippen LogP contribution is -2.27. The second-order valence-electron chi connectivity index (χ2n) is 5.78. The minimum absolute atomic E-state index is 0.175. The van der Waals surface area contributed by atoms with Gasteiger partial charge in [-0.1, -0.05) is 13.8 Å². The van der Waals surface area contributed by atoms with E-state index in [1.807, 2.05) is 24.7 Å². The molecule has 1 N–H and O–H groups in total. The van der Waals surface area contributed by atoms with Crippen LogP contribution in [0.3, 0.4) is 0 Å². The third kappa shape index (κ3) is 4.03. The normalized spacial score (nSPS) is 11.3. The second kappa shape index (κ2) is 7.89. The second-order valence-corrected chi connectivity index (χ2v) is 5.78. The summed E-state index contributed by atoms with van der Waals surface area (Å²) >= 11 is 0. The van der Waals surface area contributed by atoms with Crippen molar-refractivity contribution < 1.29 is 4.79 Å². The summed E-state index contributed by atoms with van der Waals surface area (Å²) in [7, 11) is 0. The van der Waals surface area contributed by atoms with Crippen molar-refractivity contribution >= 4 is 11.6 Å². The predicted molar refractivity (Wildman–Crippen MR) is 94.2 cm³/mol. The van der Waals surface area contributed by atoms with Crippen molar-refractivity contribution in [2.75, 3.05) is 19.6 Å². The van der Waals surface area contributed by atoms with Crippen LogP contribution in [0.25, 0.3) is 5.65 Å². The van der Waals surface area contributed by atoms with E-state index >= 15 is 0 Å². The molecule has 0 unspecified atom stereocenters. The Morgan fingerprint density at radius 1 is 1.24 bits per heavy atom. The van der Waals surface area contributed by atoms with Gasteiger partial charge in [0, 0.05) is 43.4 Å². The highest BCUT2D eigenvalue weighted by atomic mass is 16.1. The number of carbonyl (C=O) groups is 1. The maximum Gasteiger partial charge on any atom is 0.256 e. The molecule has 0 bridgehead atoms. The van der Waals surface area contributed by atoms with Crippen LogP contribution < -0.4 is 5.32 Å². The fourth-order valence-corrected chi connectivity index (χ4v) is 2.67. The molecule has 0 aliphatic rings. The van der Waals surface area contributed by atoms with Gasteiger partial charge in [0.2, 0.25) is 0 Å². The molecule has 0 saturated carbocycles. The van der Waals surface area contributed by atoms with E-state index in [9.17, 15) is 4.79 Å². The van der Waals surface area contributed by atoms with Gasteiger partial charge in [-0.15, -0.1) is 0 Å². The molecule has 0 aliphatic heterocycles. The predicted octanol–water partition coefficient (Wildman–Crippen LogP) is 1.20. The van der Waals surface area contributed by atoms with Gasteiger partial charge in [0.1, 0.15) is 5.56 Å². The van der Waals surface area contributed by atoms with Crippen LogP contribution in [0, 0.1) is 0 Å². The van der Waals surface area contributed by atoms with Gasteiger partial charge in [-0.2, -0.15) is 10.2 Å². The van der Waals surface area contributed by atoms with Crippen molar-refractivity contribution in [3.63, 3.8) is 0 Å². The standard InChI is InChI=1S/C17H23N7O/c1-3-22(4-2)12-14-10-19-16-15(11-21-24(16)13-14)17(25)18-7-9-23-8-5-6-20-23/h5-6,8,10-11,13H,3-4,7,9,12H2,1-2H3,(H,18,25). The minimum Gasteiger partial charge on any atom is -0.350 e. The van der Waals surface area contributed by atoms with E-state index in [0.717, 1.165) is 25.2 Å². The quantitative estimate of drug-likeness (QED) is 0.666. The zero-order chi connectivity index (χ0) is 17.6. The largest absolute Gasteiger partial charge is 0.350 e. The Hall–Kier alpha value is -2.74. The van der Waals surface area contributed by atoms with Gasteiger partial charge in [-0.25, -0.2) is 9.50 Å². The van der Waals surface area contributed by atoms with E-state index < -0.39 is 0 Å². The van der Waals surface area contributed by atoms with E-state index in [-0.39, 0.29) is 5.91 Å². The van der Waals surface area contributed by atoms with Crippen LogP contribution in [-0.2, 0) is 13.1 Å². The number of hydrogen-bond donors (Lipinski definition) is 1. The summed E-state index contributed by atoms with van der Waals surface area (Å²) in [6.07, 6.45) is 8.89. The minimum atomic E-state index is -0.175. The lowest BCUT2D eigenvalue weighted by Gasteiger charge is -2.17. The molecule has 0 aliphatic carbocycles. The first-order chi connectivity index (χ1) is 12.2. The Kier molecular flexibility index (Phi) is 5.39. The Morgan fingerprint density at radius 2 is 2.08 bits per heavy atom. The van der Waals surface area contributed by atoms with Gasteiger partial charge in [0.15, 0.2) is 5.65 Å². The Bertz CT molecular complexity index is 821. The number of carbonyl (C=O) groups excluding carboxylic acids is 1. The number of amides is 1. The highest BCUT2D eigenvalue weighted by Gasteiger charge is 2.14.